The Labute approximate surface area is 678 Å². The molecule has 4 aromatic rings. The van der Waals surface area contributed by atoms with Gasteiger partial charge in [0.2, 0.25) is 11.6 Å². The summed E-state index contributed by atoms with van der Waals surface area (Å²) in [4.78, 5) is 96.4. The number of cyclic esters (lactones) is 4. The summed E-state index contributed by atoms with van der Waals surface area (Å²) < 4.78 is 97.1. The van der Waals surface area contributed by atoms with Gasteiger partial charge in [-0.15, -0.1) is 0 Å². The lowest BCUT2D eigenvalue weighted by Gasteiger charge is -2.30. The van der Waals surface area contributed by atoms with Gasteiger partial charge < -0.3 is 60.8 Å². The van der Waals surface area contributed by atoms with Crippen molar-refractivity contribution in [2.75, 3.05) is 69.9 Å². The fourth-order valence-corrected chi connectivity index (χ4v) is 12.5. The van der Waals surface area contributed by atoms with Crippen molar-refractivity contribution >= 4 is 51.0 Å². The number of aromatic nitrogens is 3. The number of hydrogen-bond donors (Lipinski definition) is 1. The number of Topliss-reactive ketones (excluding diaryl/α,β-unsaturated/α-hetero) is 2. The number of ketones is 2. The quantitative estimate of drug-likeness (QED) is 0.111. The van der Waals surface area contributed by atoms with Crippen LogP contribution in [0.2, 0.25) is 0 Å². The van der Waals surface area contributed by atoms with Crippen molar-refractivity contribution in [3.63, 3.8) is 0 Å². The van der Waals surface area contributed by atoms with E-state index in [1.807, 2.05) is 78.7 Å². The summed E-state index contributed by atoms with van der Waals surface area (Å²) in [6.07, 6.45) is 8.44. The van der Waals surface area contributed by atoms with E-state index in [-0.39, 0.29) is 43.2 Å². The zero-order valence-electron chi connectivity index (χ0n) is 72.0. The highest BCUT2D eigenvalue weighted by Crippen LogP contribution is 2.36. The second-order valence-electron chi connectivity index (χ2n) is 29.7. The van der Waals surface area contributed by atoms with E-state index in [9.17, 15) is 55.6 Å². The minimum Gasteiger partial charge on any atom is -0.498 e. The van der Waals surface area contributed by atoms with Crippen LogP contribution in [0.1, 0.15) is 216 Å². The highest BCUT2D eigenvalue weighted by Gasteiger charge is 2.38. The summed E-state index contributed by atoms with van der Waals surface area (Å²) in [6, 6.07) is 1.95. The standard InChI is InChI=1S/C11H17NO.C10H15NO2.C8H14O.C7H8O3.C7H10O2S.C7H8O2.C6H8F2O.C6H10N2.C6H7NO3.C6H6O3.C6H10O.C6H8O.CH4/c1-9-7-11(8-10(9)2)12-3-5-13-6-4-12;1-8-9(2)13-7-10(8)11-3-5-12-6-4-11;1-6-5-8(3,4)9-7(6)2;1-4-3-6(8)10-7(9)5(4)2;1-5-4-10(8,9)7(3)6(5)2;1-4-3-6(8)7(9)5(4)2;1-4-3-6(7,8)9-5(4)2;1-5-6(2)8(3)4-7-5;1-3-4(2)7-6(9)10-5(3)8;1-3-4(2)6(8)9-5(3)7;2*1-5-3-4-7-6(5)2;/h7H,3-6,8H2,1-2H3;7H,3-6H2,1-2H3;5H2,1-4H3;3H2,1-2H3;1,4H2,2-3H3;2*3H2,1-2H3;4H,1-3H3;1-2H3,(H,7,9);1-2H3;3-4H2,1-2H3;3-4H,1-2H3;1H4. The second kappa shape index (κ2) is 46.1. The molecule has 0 unspecified atom stereocenters. The van der Waals surface area contributed by atoms with Crippen molar-refractivity contribution < 1.29 is 92.4 Å². The first-order chi connectivity index (χ1) is 52.8. The maximum absolute atomic E-state index is 12.2. The van der Waals surface area contributed by atoms with Gasteiger partial charge in [0.25, 0.3) is 0 Å². The molecule has 2 saturated heterocycles. The molecule has 0 spiro atoms. The molecule has 8 aliphatic heterocycles. The lowest BCUT2D eigenvalue weighted by molar-refractivity contribution is -0.196. The van der Waals surface area contributed by atoms with Gasteiger partial charge >= 0.3 is 41.4 Å². The largest absolute Gasteiger partial charge is 0.498 e. The van der Waals surface area contributed by atoms with Gasteiger partial charge in [0.05, 0.1) is 98.4 Å². The predicted molar refractivity (Wildman–Crippen MR) is 441 cm³/mol. The molecule has 0 amide bonds. The fraction of sp³-hybridized carbons (Fsp3) is 0.529. The topological polar surface area (TPSA) is 315 Å². The normalized spacial score (nSPS) is 18.7. The number of anilines is 1. The number of H-pyrrole nitrogens is 1. The molecule has 0 atom stereocenters. The first kappa shape index (κ1) is 101. The molecule has 2 fully saturated rings. The number of carbonyl (C=O) groups is 6. The number of allylic oxidation sites excluding steroid dienone is 10. The number of alkyl halides is 2. The molecule has 0 radical (unpaired) electrons. The highest BCUT2D eigenvalue weighted by atomic mass is 32.2. The third-order valence-electron chi connectivity index (χ3n) is 20.4. The van der Waals surface area contributed by atoms with Crippen LogP contribution in [0.15, 0.2) is 161 Å². The van der Waals surface area contributed by atoms with Crippen LogP contribution in [0.5, 0.6) is 0 Å². The SMILES string of the molecule is C.C=C1CS(=O)(=O)C(C)=C1C.CC1=C(C)C(=O)C(=O)C1.CC1=C(C)C(=O)OC(=O)C1.CC1=C(C)C(=O)OC1=O.CC1=C(C)CC(N2CCOCC2)=C1.CC1=C(C)OC(C)(C)C1.CC1=C(C)OC(F)(F)C1.CC1=C(C)OCC1.Cc1[nH]c(=O)oc(=O)c1C.Cc1ccoc1C.Cc1ncn(C)c1C.Cc1occ(N2CCOCC2)c1C. The maximum atomic E-state index is 12.2. The number of rotatable bonds is 2. The number of esters is 4. The number of morpholine rings is 2. The number of furan rings is 2. The molecule has 25 nitrogen and oxygen atoms in total. The van der Waals surface area contributed by atoms with E-state index in [1.165, 1.54) is 50.5 Å². The fourth-order valence-electron chi connectivity index (χ4n) is 11.0. The molecule has 115 heavy (non-hydrogen) atoms. The van der Waals surface area contributed by atoms with Crippen LogP contribution < -0.4 is 16.3 Å². The second-order valence-corrected chi connectivity index (χ2v) is 31.9. The summed E-state index contributed by atoms with van der Waals surface area (Å²) in [5.41, 5.74) is 19.8. The molecule has 0 saturated carbocycles. The average molecular weight is 1630 g/mol. The molecule has 28 heteroatoms. The Morgan fingerprint density at radius 2 is 1.10 bits per heavy atom. The third kappa shape index (κ3) is 32.4. The molecule has 10 aliphatic rings. The van der Waals surface area contributed by atoms with Crippen molar-refractivity contribution in [2.45, 2.75) is 238 Å². The number of ether oxygens (including phenoxy) is 7. The van der Waals surface area contributed by atoms with Gasteiger partial charge in [-0.3, -0.25) is 19.4 Å². The number of nitrogens with zero attached hydrogens (tertiary/aromatic N) is 4. The van der Waals surface area contributed by atoms with Crippen molar-refractivity contribution in [1.29, 1.82) is 0 Å². The summed E-state index contributed by atoms with van der Waals surface area (Å²) in [7, 11) is -0.948. The minimum absolute atomic E-state index is 0. The van der Waals surface area contributed by atoms with Crippen molar-refractivity contribution in [3.05, 3.63) is 204 Å². The molecule has 0 aromatic carbocycles. The monoisotopic (exact) mass is 1630 g/mol. The number of hydrogen-bond acceptors (Lipinski definition) is 23. The Hall–Kier alpha value is -9.80. The van der Waals surface area contributed by atoms with E-state index in [4.69, 9.17) is 27.8 Å². The molecular formula is C87H125F2N5O20S. The number of aromatic amines is 1. The number of aryl methyl sites for hydroxylation is 6. The Kier molecular flexibility index (Phi) is 40.6. The molecule has 12 heterocycles. The van der Waals surface area contributed by atoms with Crippen LogP contribution in [-0.4, -0.2) is 140 Å². The zero-order chi connectivity index (χ0) is 86.8. The van der Waals surface area contributed by atoms with Gasteiger partial charge in [0.1, 0.15) is 23.4 Å². The van der Waals surface area contributed by atoms with E-state index in [0.717, 1.165) is 130 Å². The van der Waals surface area contributed by atoms with E-state index < -0.39 is 51.2 Å². The maximum Gasteiger partial charge on any atom is 0.419 e. The average Bonchev–Trinajstić information content (AvgIpc) is 1.67. The van der Waals surface area contributed by atoms with Crippen LogP contribution in [0.3, 0.4) is 0 Å². The smallest absolute Gasteiger partial charge is 0.419 e. The molecule has 4 aromatic heterocycles. The zero-order valence-corrected chi connectivity index (χ0v) is 72.8. The third-order valence-corrected chi connectivity index (χ3v) is 22.4. The molecule has 14 rings (SSSR count). The van der Waals surface area contributed by atoms with Crippen LogP contribution in [-0.2, 0) is 78.8 Å². The van der Waals surface area contributed by atoms with Crippen LogP contribution >= 0.6 is 0 Å². The van der Waals surface area contributed by atoms with Crippen molar-refractivity contribution in [3.8, 4) is 0 Å². The highest BCUT2D eigenvalue weighted by molar-refractivity contribution is 7.95. The number of carbonyl (C=O) groups excluding carboxylic acids is 6. The molecule has 638 valence electrons. The summed E-state index contributed by atoms with van der Waals surface area (Å²) in [6.45, 7) is 61.1. The lowest BCUT2D eigenvalue weighted by atomic mass is 10.0. The molecule has 1 N–H and O–H groups in total. The molecule has 0 bridgehead atoms. The van der Waals surface area contributed by atoms with Crippen molar-refractivity contribution in [1.82, 2.24) is 19.4 Å². The van der Waals surface area contributed by atoms with Crippen LogP contribution in [0.25, 0.3) is 0 Å². The Balaban J connectivity index is 0.000000427. The predicted octanol–water partition coefficient (Wildman–Crippen LogP) is 17.0. The van der Waals surface area contributed by atoms with E-state index in [0.29, 0.717) is 56.2 Å². The van der Waals surface area contributed by atoms with E-state index >= 15 is 0 Å². The summed E-state index contributed by atoms with van der Waals surface area (Å²) >= 11 is 0. The van der Waals surface area contributed by atoms with Gasteiger partial charge in [-0.2, -0.15) is 8.78 Å². The van der Waals surface area contributed by atoms with E-state index in [2.05, 4.69) is 106 Å². The Morgan fingerprint density at radius 1 is 0.565 bits per heavy atom. The number of imidazole rings is 1. The van der Waals surface area contributed by atoms with Crippen LogP contribution in [0, 0.1) is 55.4 Å². The van der Waals surface area contributed by atoms with E-state index in [1.54, 1.807) is 82.4 Å². The Bertz CT molecular complexity index is 4560. The first-order valence-corrected chi connectivity index (χ1v) is 39.3. The Morgan fingerprint density at radius 3 is 1.36 bits per heavy atom. The summed E-state index contributed by atoms with van der Waals surface area (Å²) in [5, 5.41) is 0. The molecular weight excluding hydrogens is 1510 g/mol. The summed E-state index contributed by atoms with van der Waals surface area (Å²) in [5.74, 6) is 1.49. The van der Waals surface area contributed by atoms with Crippen LogP contribution in [0.4, 0.5) is 14.5 Å². The molecule has 2 aliphatic carbocycles. The lowest BCUT2D eigenvalue weighted by Crippen LogP contribution is -2.36. The van der Waals surface area contributed by atoms with Gasteiger partial charge in [-0.25, -0.2) is 37.4 Å². The number of nitrogens with one attached hydrogen (secondary N) is 1. The number of sulfone groups is 1. The van der Waals surface area contributed by atoms with Gasteiger partial charge in [-0.05, 0) is 231 Å². The van der Waals surface area contributed by atoms with Crippen molar-refractivity contribution in [2.24, 2.45) is 7.05 Å². The minimum atomic E-state index is -2.94. The van der Waals surface area contributed by atoms with Gasteiger partial charge in [-0.1, -0.05) is 36.3 Å². The van der Waals surface area contributed by atoms with Gasteiger partial charge in [0.15, 0.2) is 9.84 Å². The number of halogens is 2. The first-order valence-electron chi connectivity index (χ1n) is 37.6. The van der Waals surface area contributed by atoms with Gasteiger partial charge in [0, 0.05) is 103 Å².